The lowest BCUT2D eigenvalue weighted by Gasteiger charge is -2.11. The second-order valence-corrected chi connectivity index (χ2v) is 6.69. The quantitative estimate of drug-likeness (QED) is 0.601. The van der Waals surface area contributed by atoms with Gasteiger partial charge in [-0.15, -0.1) is 5.10 Å². The monoisotopic (exact) mass is 360 g/mol. The molecule has 0 unspecified atom stereocenters. The molecule has 0 aliphatic heterocycles. The number of amides is 1. The van der Waals surface area contributed by atoms with Gasteiger partial charge < -0.3 is 9.88 Å². The first kappa shape index (κ1) is 17.0. The standard InChI is InChI=1S/C20H20N6O/c1-13(2)25-12-11-17-18(5-4-6-19(17)25)21-20(27)15-7-9-16(10-8-15)26-14(3)22-23-24-26/h4-13H,1-3H3,(H,21,27). The molecule has 0 radical (unpaired) electrons. The number of anilines is 1. The summed E-state index contributed by atoms with van der Waals surface area (Å²) < 4.78 is 3.81. The molecule has 0 saturated heterocycles. The predicted molar refractivity (Wildman–Crippen MR) is 104 cm³/mol. The molecule has 2 heterocycles. The van der Waals surface area contributed by atoms with Crippen LogP contribution in [0.4, 0.5) is 5.69 Å². The van der Waals surface area contributed by atoms with Crippen LogP contribution in [0, 0.1) is 6.92 Å². The van der Waals surface area contributed by atoms with Gasteiger partial charge in [-0.05, 0) is 73.7 Å². The third-order valence-corrected chi connectivity index (χ3v) is 4.57. The number of aryl methyl sites for hydroxylation is 1. The number of hydrogen-bond donors (Lipinski definition) is 1. The highest BCUT2D eigenvalue weighted by Gasteiger charge is 2.12. The van der Waals surface area contributed by atoms with Gasteiger partial charge in [-0.25, -0.2) is 0 Å². The lowest BCUT2D eigenvalue weighted by molar-refractivity contribution is 0.102. The van der Waals surface area contributed by atoms with Gasteiger partial charge in [-0.2, -0.15) is 4.68 Å². The van der Waals surface area contributed by atoms with Gasteiger partial charge >= 0.3 is 0 Å². The van der Waals surface area contributed by atoms with E-state index in [0.717, 1.165) is 22.3 Å². The Hall–Kier alpha value is -3.48. The predicted octanol–water partition coefficient (Wildman–Crippen LogP) is 3.76. The number of fused-ring (bicyclic) bond motifs is 1. The maximum Gasteiger partial charge on any atom is 0.255 e. The second-order valence-electron chi connectivity index (χ2n) is 6.69. The molecule has 0 saturated carbocycles. The van der Waals surface area contributed by atoms with Gasteiger partial charge in [-0.1, -0.05) is 6.07 Å². The highest BCUT2D eigenvalue weighted by atomic mass is 16.1. The van der Waals surface area contributed by atoms with Gasteiger partial charge in [0.05, 0.1) is 16.9 Å². The third kappa shape index (κ3) is 3.08. The van der Waals surface area contributed by atoms with Gasteiger partial charge in [0.1, 0.15) is 0 Å². The zero-order valence-electron chi connectivity index (χ0n) is 15.4. The van der Waals surface area contributed by atoms with E-state index >= 15 is 0 Å². The molecular formula is C20H20N6O. The summed E-state index contributed by atoms with van der Waals surface area (Å²) in [6.45, 7) is 6.10. The zero-order chi connectivity index (χ0) is 19.0. The van der Waals surface area contributed by atoms with Crippen molar-refractivity contribution in [1.29, 1.82) is 0 Å². The number of benzene rings is 2. The number of nitrogens with one attached hydrogen (secondary N) is 1. The van der Waals surface area contributed by atoms with Crippen LogP contribution in [0.2, 0.25) is 0 Å². The van der Waals surface area contributed by atoms with Gasteiger partial charge in [0.25, 0.3) is 5.91 Å². The third-order valence-electron chi connectivity index (χ3n) is 4.57. The molecule has 0 spiro atoms. The van der Waals surface area contributed by atoms with Crippen molar-refractivity contribution in [3.63, 3.8) is 0 Å². The van der Waals surface area contributed by atoms with Crippen molar-refractivity contribution in [2.45, 2.75) is 26.8 Å². The minimum Gasteiger partial charge on any atom is -0.345 e. The lowest BCUT2D eigenvalue weighted by atomic mass is 10.1. The fourth-order valence-electron chi connectivity index (χ4n) is 3.17. The Morgan fingerprint density at radius 3 is 2.52 bits per heavy atom. The maximum absolute atomic E-state index is 12.7. The van der Waals surface area contributed by atoms with Crippen LogP contribution in [0.5, 0.6) is 0 Å². The Labute approximate surface area is 156 Å². The summed E-state index contributed by atoms with van der Waals surface area (Å²) in [5.41, 5.74) is 3.29. The summed E-state index contributed by atoms with van der Waals surface area (Å²) in [6, 6.07) is 15.5. The molecule has 7 nitrogen and oxygen atoms in total. The first-order valence-electron chi connectivity index (χ1n) is 8.81. The molecule has 0 bridgehead atoms. The van der Waals surface area contributed by atoms with Crippen LogP contribution in [0.25, 0.3) is 16.6 Å². The van der Waals surface area contributed by atoms with Crippen LogP contribution in [0.1, 0.15) is 36.1 Å². The van der Waals surface area contributed by atoms with Crippen molar-refractivity contribution in [3.05, 3.63) is 66.1 Å². The summed E-state index contributed by atoms with van der Waals surface area (Å²) in [6.07, 6.45) is 2.05. The van der Waals surface area contributed by atoms with Crippen molar-refractivity contribution in [2.24, 2.45) is 0 Å². The lowest BCUT2D eigenvalue weighted by Crippen LogP contribution is -2.12. The van der Waals surface area contributed by atoms with Crippen molar-refractivity contribution >= 4 is 22.5 Å². The smallest absolute Gasteiger partial charge is 0.255 e. The molecule has 0 aliphatic rings. The normalized spacial score (nSPS) is 11.3. The number of carbonyl (C=O) groups excluding carboxylic acids is 1. The molecule has 4 rings (SSSR count). The first-order chi connectivity index (χ1) is 13.0. The van der Waals surface area contributed by atoms with Crippen molar-refractivity contribution in [1.82, 2.24) is 24.8 Å². The largest absolute Gasteiger partial charge is 0.345 e. The van der Waals surface area contributed by atoms with Gasteiger partial charge in [0.15, 0.2) is 5.82 Å². The Kier molecular flexibility index (Phi) is 4.19. The average Bonchev–Trinajstić information content (AvgIpc) is 3.28. The van der Waals surface area contributed by atoms with E-state index in [4.69, 9.17) is 0 Å². The van der Waals surface area contributed by atoms with Crippen LogP contribution >= 0.6 is 0 Å². The summed E-state index contributed by atoms with van der Waals surface area (Å²) in [5.74, 6) is 0.535. The zero-order valence-corrected chi connectivity index (χ0v) is 15.4. The minimum atomic E-state index is -0.153. The SMILES string of the molecule is Cc1nnnn1-c1ccc(C(=O)Nc2cccc3c2ccn3C(C)C)cc1. The molecule has 2 aromatic carbocycles. The second kappa shape index (κ2) is 6.68. The average molecular weight is 360 g/mol. The molecule has 136 valence electrons. The van der Waals surface area contributed by atoms with Crippen LogP contribution in [-0.4, -0.2) is 30.7 Å². The van der Waals surface area contributed by atoms with Crippen molar-refractivity contribution in [2.75, 3.05) is 5.32 Å². The summed E-state index contributed by atoms with van der Waals surface area (Å²) in [4.78, 5) is 12.7. The van der Waals surface area contributed by atoms with E-state index < -0.39 is 0 Å². The topological polar surface area (TPSA) is 77.6 Å². The molecule has 0 aliphatic carbocycles. The first-order valence-corrected chi connectivity index (χ1v) is 8.81. The number of rotatable bonds is 4. The van der Waals surface area contributed by atoms with Gasteiger partial charge in [0, 0.05) is 23.2 Å². The highest BCUT2D eigenvalue weighted by Crippen LogP contribution is 2.27. The maximum atomic E-state index is 12.7. The van der Waals surface area contributed by atoms with E-state index in [9.17, 15) is 4.79 Å². The van der Waals surface area contributed by atoms with E-state index in [0.29, 0.717) is 17.4 Å². The number of tetrazole rings is 1. The molecule has 4 aromatic rings. The molecule has 0 atom stereocenters. The Morgan fingerprint density at radius 1 is 1.07 bits per heavy atom. The number of carbonyl (C=O) groups is 1. The number of hydrogen-bond acceptors (Lipinski definition) is 4. The molecule has 0 fully saturated rings. The summed E-state index contributed by atoms with van der Waals surface area (Å²) >= 11 is 0. The highest BCUT2D eigenvalue weighted by molar-refractivity contribution is 6.09. The van der Waals surface area contributed by atoms with E-state index in [1.54, 1.807) is 16.8 Å². The van der Waals surface area contributed by atoms with Gasteiger partial charge in [-0.3, -0.25) is 4.79 Å². The summed E-state index contributed by atoms with van der Waals surface area (Å²) in [5, 5.41) is 15.5. The van der Waals surface area contributed by atoms with Crippen LogP contribution in [-0.2, 0) is 0 Å². The fourth-order valence-corrected chi connectivity index (χ4v) is 3.17. The van der Waals surface area contributed by atoms with E-state index in [1.807, 2.05) is 43.5 Å². The van der Waals surface area contributed by atoms with E-state index in [2.05, 4.69) is 45.3 Å². The van der Waals surface area contributed by atoms with E-state index in [-0.39, 0.29) is 5.91 Å². The Balaban J connectivity index is 1.59. The van der Waals surface area contributed by atoms with Crippen LogP contribution in [0.3, 0.4) is 0 Å². The molecule has 7 heteroatoms. The van der Waals surface area contributed by atoms with E-state index in [1.165, 1.54) is 0 Å². The number of aromatic nitrogens is 5. The minimum absolute atomic E-state index is 0.153. The molecule has 1 amide bonds. The van der Waals surface area contributed by atoms with Crippen LogP contribution < -0.4 is 5.32 Å². The molecular weight excluding hydrogens is 340 g/mol. The molecule has 2 aromatic heterocycles. The van der Waals surface area contributed by atoms with Gasteiger partial charge in [0.2, 0.25) is 0 Å². The molecule has 27 heavy (non-hydrogen) atoms. The Morgan fingerprint density at radius 2 is 1.85 bits per heavy atom. The number of nitrogens with zero attached hydrogens (tertiary/aromatic N) is 5. The van der Waals surface area contributed by atoms with Crippen molar-refractivity contribution < 1.29 is 4.79 Å². The summed E-state index contributed by atoms with van der Waals surface area (Å²) in [7, 11) is 0. The van der Waals surface area contributed by atoms with Crippen molar-refractivity contribution in [3.8, 4) is 5.69 Å². The molecule has 1 N–H and O–H groups in total. The van der Waals surface area contributed by atoms with Crippen LogP contribution in [0.15, 0.2) is 54.7 Å². The Bertz CT molecular complexity index is 1110. The fraction of sp³-hybridized carbons (Fsp3) is 0.200.